The van der Waals surface area contributed by atoms with Crippen LogP contribution in [0.1, 0.15) is 50.1 Å². The Hall–Kier alpha value is -0.280. The molecular formula is C16H24Cl2N2. The number of likely N-dealkylation sites (N-methyl/N-ethyl adjacent to an activating group) is 1. The summed E-state index contributed by atoms with van der Waals surface area (Å²) >= 11 is 12.7. The number of hydrogen-bond acceptors (Lipinski definition) is 2. The summed E-state index contributed by atoms with van der Waals surface area (Å²) in [4.78, 5) is 2.39. The van der Waals surface area contributed by atoms with Gasteiger partial charge in [0, 0.05) is 34.2 Å². The van der Waals surface area contributed by atoms with Gasteiger partial charge in [0.15, 0.2) is 0 Å². The van der Waals surface area contributed by atoms with Crippen LogP contribution in [0.4, 0.5) is 0 Å². The van der Waals surface area contributed by atoms with Gasteiger partial charge in [0.2, 0.25) is 0 Å². The van der Waals surface area contributed by atoms with Gasteiger partial charge in [0.1, 0.15) is 0 Å². The van der Waals surface area contributed by atoms with Crippen molar-refractivity contribution in [2.45, 2.75) is 50.6 Å². The maximum absolute atomic E-state index is 6.35. The maximum atomic E-state index is 6.35. The van der Waals surface area contributed by atoms with Gasteiger partial charge >= 0.3 is 0 Å². The number of rotatable bonds is 4. The van der Waals surface area contributed by atoms with Gasteiger partial charge in [-0.25, -0.2) is 0 Å². The molecule has 1 fully saturated rings. The van der Waals surface area contributed by atoms with Gasteiger partial charge < -0.3 is 5.73 Å². The lowest BCUT2D eigenvalue weighted by molar-refractivity contribution is 0.161. The van der Waals surface area contributed by atoms with Crippen LogP contribution in [0.5, 0.6) is 0 Å². The third-order valence-corrected chi connectivity index (χ3v) is 5.11. The lowest BCUT2D eigenvalue weighted by Gasteiger charge is -2.35. The molecule has 1 atom stereocenters. The Bertz CT molecular complexity index is 408. The van der Waals surface area contributed by atoms with E-state index in [9.17, 15) is 0 Å². The number of halogens is 2. The van der Waals surface area contributed by atoms with Crippen LogP contribution in [-0.4, -0.2) is 24.5 Å². The summed E-state index contributed by atoms with van der Waals surface area (Å²) < 4.78 is 0. The van der Waals surface area contributed by atoms with Crippen LogP contribution in [-0.2, 0) is 0 Å². The fourth-order valence-electron chi connectivity index (χ4n) is 3.24. The highest BCUT2D eigenvalue weighted by molar-refractivity contribution is 6.36. The highest BCUT2D eigenvalue weighted by Gasteiger charge is 2.26. The van der Waals surface area contributed by atoms with Gasteiger partial charge in [-0.05, 0) is 32.0 Å². The average molecular weight is 315 g/mol. The summed E-state index contributed by atoms with van der Waals surface area (Å²) in [6.07, 6.45) is 7.81. The molecule has 0 radical (unpaired) electrons. The number of nitrogens with two attached hydrogens (primary N) is 1. The molecule has 0 heterocycles. The van der Waals surface area contributed by atoms with Gasteiger partial charge in [-0.15, -0.1) is 0 Å². The Balaban J connectivity index is 2.22. The monoisotopic (exact) mass is 314 g/mol. The molecule has 112 valence electrons. The van der Waals surface area contributed by atoms with E-state index in [1.54, 1.807) is 0 Å². The first-order valence-electron chi connectivity index (χ1n) is 7.51. The SMILES string of the molecule is CN(C1CCCCCC1)C(CN)c1c(Cl)cccc1Cl. The number of nitrogens with zero attached hydrogens (tertiary/aromatic N) is 1. The van der Waals surface area contributed by atoms with E-state index in [1.807, 2.05) is 18.2 Å². The van der Waals surface area contributed by atoms with E-state index in [0.717, 1.165) is 5.56 Å². The zero-order chi connectivity index (χ0) is 14.5. The third-order valence-electron chi connectivity index (χ3n) is 4.45. The molecule has 1 aromatic carbocycles. The maximum Gasteiger partial charge on any atom is 0.0499 e. The molecule has 0 saturated heterocycles. The van der Waals surface area contributed by atoms with E-state index in [-0.39, 0.29) is 6.04 Å². The molecule has 0 aliphatic heterocycles. The molecule has 1 saturated carbocycles. The minimum Gasteiger partial charge on any atom is -0.329 e. The Morgan fingerprint density at radius 3 is 2.20 bits per heavy atom. The molecule has 0 spiro atoms. The molecule has 1 unspecified atom stereocenters. The van der Waals surface area contributed by atoms with Crippen LogP contribution < -0.4 is 5.73 Å². The minimum absolute atomic E-state index is 0.0966. The first kappa shape index (κ1) is 16.1. The second-order valence-electron chi connectivity index (χ2n) is 5.70. The van der Waals surface area contributed by atoms with E-state index in [2.05, 4.69) is 11.9 Å². The highest BCUT2D eigenvalue weighted by atomic mass is 35.5. The normalized spacial score (nSPS) is 19.1. The lowest BCUT2D eigenvalue weighted by atomic mass is 10.0. The standard InChI is InChI=1S/C16H24Cl2N2/c1-20(12-7-4-2-3-5-8-12)15(11-19)16-13(17)9-6-10-14(16)18/h6,9-10,12,15H,2-5,7-8,11,19H2,1H3. The van der Waals surface area contributed by atoms with Gasteiger partial charge in [-0.2, -0.15) is 0 Å². The predicted octanol–water partition coefficient (Wildman–Crippen LogP) is 4.65. The summed E-state index contributed by atoms with van der Waals surface area (Å²) in [5.74, 6) is 0. The Morgan fingerprint density at radius 2 is 1.70 bits per heavy atom. The first-order chi connectivity index (χ1) is 9.65. The van der Waals surface area contributed by atoms with E-state index in [0.29, 0.717) is 22.6 Å². The molecule has 0 bridgehead atoms. The van der Waals surface area contributed by atoms with Crippen molar-refractivity contribution < 1.29 is 0 Å². The largest absolute Gasteiger partial charge is 0.329 e. The Labute approximate surface area is 132 Å². The van der Waals surface area contributed by atoms with Crippen LogP contribution in [0.3, 0.4) is 0 Å². The molecule has 2 nitrogen and oxygen atoms in total. The molecule has 20 heavy (non-hydrogen) atoms. The smallest absolute Gasteiger partial charge is 0.0499 e. The van der Waals surface area contributed by atoms with Crippen molar-refractivity contribution in [3.05, 3.63) is 33.8 Å². The molecule has 0 amide bonds. The molecular weight excluding hydrogens is 291 g/mol. The van der Waals surface area contributed by atoms with E-state index < -0.39 is 0 Å². The van der Waals surface area contributed by atoms with Crippen molar-refractivity contribution in [1.29, 1.82) is 0 Å². The predicted molar refractivity (Wildman–Crippen MR) is 87.5 cm³/mol. The number of hydrogen-bond donors (Lipinski definition) is 1. The molecule has 1 aliphatic carbocycles. The van der Waals surface area contributed by atoms with Crippen molar-refractivity contribution in [2.24, 2.45) is 5.73 Å². The van der Waals surface area contributed by atoms with Crippen molar-refractivity contribution in [1.82, 2.24) is 4.90 Å². The van der Waals surface area contributed by atoms with E-state index >= 15 is 0 Å². The second kappa shape index (κ2) is 7.65. The molecule has 4 heteroatoms. The first-order valence-corrected chi connectivity index (χ1v) is 8.26. The number of benzene rings is 1. The lowest BCUT2D eigenvalue weighted by Crippen LogP contribution is -2.38. The Morgan fingerprint density at radius 1 is 1.15 bits per heavy atom. The molecule has 2 N–H and O–H groups in total. The van der Waals surface area contributed by atoms with Crippen molar-refractivity contribution in [3.63, 3.8) is 0 Å². The topological polar surface area (TPSA) is 29.3 Å². The van der Waals surface area contributed by atoms with Crippen molar-refractivity contribution in [2.75, 3.05) is 13.6 Å². The molecule has 0 aromatic heterocycles. The van der Waals surface area contributed by atoms with Crippen LogP contribution in [0.15, 0.2) is 18.2 Å². The molecule has 1 aliphatic rings. The van der Waals surface area contributed by atoms with Crippen LogP contribution in [0.25, 0.3) is 0 Å². The molecule has 1 aromatic rings. The van der Waals surface area contributed by atoms with Crippen LogP contribution in [0.2, 0.25) is 10.0 Å². The summed E-state index contributed by atoms with van der Waals surface area (Å²) in [5.41, 5.74) is 7.01. The van der Waals surface area contributed by atoms with Gasteiger partial charge in [0.05, 0.1) is 0 Å². The zero-order valence-corrected chi connectivity index (χ0v) is 13.6. The minimum atomic E-state index is 0.0966. The van der Waals surface area contributed by atoms with Gasteiger partial charge in [0.25, 0.3) is 0 Å². The summed E-state index contributed by atoms with van der Waals surface area (Å²) in [7, 11) is 2.16. The quantitative estimate of drug-likeness (QED) is 0.820. The fraction of sp³-hybridized carbons (Fsp3) is 0.625. The van der Waals surface area contributed by atoms with Crippen LogP contribution in [0, 0.1) is 0 Å². The van der Waals surface area contributed by atoms with Crippen molar-refractivity contribution in [3.8, 4) is 0 Å². The Kier molecular flexibility index (Phi) is 6.16. The second-order valence-corrected chi connectivity index (χ2v) is 6.51. The van der Waals surface area contributed by atoms with Gasteiger partial charge in [-0.3, -0.25) is 4.90 Å². The summed E-state index contributed by atoms with van der Waals surface area (Å²) in [6, 6.07) is 6.35. The zero-order valence-electron chi connectivity index (χ0n) is 12.1. The van der Waals surface area contributed by atoms with E-state index in [1.165, 1.54) is 38.5 Å². The van der Waals surface area contributed by atoms with Crippen molar-refractivity contribution >= 4 is 23.2 Å². The average Bonchev–Trinajstić information content (AvgIpc) is 2.71. The fourth-order valence-corrected chi connectivity index (χ4v) is 3.89. The van der Waals surface area contributed by atoms with Gasteiger partial charge in [-0.1, -0.05) is 55.0 Å². The summed E-state index contributed by atoms with van der Waals surface area (Å²) in [6.45, 7) is 0.538. The van der Waals surface area contributed by atoms with E-state index in [4.69, 9.17) is 28.9 Å². The molecule has 2 rings (SSSR count). The highest BCUT2D eigenvalue weighted by Crippen LogP contribution is 2.35. The summed E-state index contributed by atoms with van der Waals surface area (Å²) in [5, 5.41) is 1.43. The van der Waals surface area contributed by atoms with Crippen LogP contribution >= 0.6 is 23.2 Å². The third kappa shape index (κ3) is 3.67.